The number of pyridine rings is 1. The predicted molar refractivity (Wildman–Crippen MR) is 51.5 cm³/mol. The quantitative estimate of drug-likeness (QED) is 0.693. The lowest BCUT2D eigenvalue weighted by atomic mass is 10.2. The van der Waals surface area contributed by atoms with Gasteiger partial charge in [0.05, 0.1) is 13.7 Å². The normalized spacial score (nSPS) is 9.13. The number of carbonyl (C=O) groups is 1. The Kier molecular flexibility index (Phi) is 3.63. The fourth-order valence-corrected chi connectivity index (χ4v) is 1.03. The maximum atomic E-state index is 11.4. The van der Waals surface area contributed by atoms with Gasteiger partial charge in [-0.3, -0.25) is 0 Å². The van der Waals surface area contributed by atoms with Crippen molar-refractivity contribution in [3.8, 4) is 11.8 Å². The molecule has 0 atom stereocenters. The predicted octanol–water partition coefficient (Wildman–Crippen LogP) is 1.14. The third-order valence-electron chi connectivity index (χ3n) is 1.70. The van der Waals surface area contributed by atoms with Crippen molar-refractivity contribution in [2.24, 2.45) is 0 Å². The number of rotatable bonds is 3. The zero-order valence-electron chi connectivity index (χ0n) is 8.48. The molecular formula is C10H10N2O3. The molecule has 0 aliphatic carbocycles. The van der Waals surface area contributed by atoms with E-state index in [2.05, 4.69) is 4.98 Å². The van der Waals surface area contributed by atoms with Gasteiger partial charge in [0.15, 0.2) is 0 Å². The van der Waals surface area contributed by atoms with Gasteiger partial charge >= 0.3 is 5.97 Å². The number of nitriles is 1. The average molecular weight is 206 g/mol. The van der Waals surface area contributed by atoms with Crippen molar-refractivity contribution in [2.45, 2.75) is 6.92 Å². The van der Waals surface area contributed by atoms with E-state index in [1.807, 2.05) is 6.07 Å². The Morgan fingerprint density at radius 3 is 2.93 bits per heavy atom. The Morgan fingerprint density at radius 2 is 2.40 bits per heavy atom. The second kappa shape index (κ2) is 4.96. The number of ether oxygens (including phenoxy) is 2. The number of aromatic nitrogens is 1. The van der Waals surface area contributed by atoms with E-state index in [9.17, 15) is 4.79 Å². The Hall–Kier alpha value is -2.09. The van der Waals surface area contributed by atoms with Crippen molar-refractivity contribution in [1.82, 2.24) is 4.98 Å². The lowest BCUT2D eigenvalue weighted by Gasteiger charge is -2.06. The average Bonchev–Trinajstić information content (AvgIpc) is 2.28. The highest BCUT2D eigenvalue weighted by Gasteiger charge is 2.14. The second-order valence-electron chi connectivity index (χ2n) is 2.60. The molecule has 0 aliphatic heterocycles. The van der Waals surface area contributed by atoms with Crippen LogP contribution in [0, 0.1) is 11.3 Å². The molecule has 1 heterocycles. The van der Waals surface area contributed by atoms with Gasteiger partial charge in [0, 0.05) is 12.3 Å². The molecular weight excluding hydrogens is 196 g/mol. The zero-order valence-corrected chi connectivity index (χ0v) is 8.48. The highest BCUT2D eigenvalue weighted by Crippen LogP contribution is 2.18. The number of methoxy groups -OCH3 is 1. The van der Waals surface area contributed by atoms with E-state index >= 15 is 0 Å². The summed E-state index contributed by atoms with van der Waals surface area (Å²) < 4.78 is 9.77. The molecule has 1 rings (SSSR count). The first-order valence-corrected chi connectivity index (χ1v) is 4.34. The van der Waals surface area contributed by atoms with Crippen molar-refractivity contribution in [1.29, 1.82) is 5.26 Å². The van der Waals surface area contributed by atoms with Crippen LogP contribution in [-0.2, 0) is 4.74 Å². The fraction of sp³-hybridized carbons (Fsp3) is 0.300. The van der Waals surface area contributed by atoms with Crippen molar-refractivity contribution < 1.29 is 14.3 Å². The molecule has 0 fully saturated rings. The Morgan fingerprint density at radius 1 is 1.67 bits per heavy atom. The van der Waals surface area contributed by atoms with Gasteiger partial charge in [-0.1, -0.05) is 0 Å². The van der Waals surface area contributed by atoms with Crippen LogP contribution in [-0.4, -0.2) is 24.7 Å². The SMILES string of the molecule is CCOC(=O)c1cnc(C#N)cc1OC. The first kappa shape index (κ1) is 11.0. The fourth-order valence-electron chi connectivity index (χ4n) is 1.03. The number of esters is 1. The summed E-state index contributed by atoms with van der Waals surface area (Å²) in [5.41, 5.74) is 0.415. The molecule has 0 spiro atoms. The molecule has 1 aromatic heterocycles. The topological polar surface area (TPSA) is 72.2 Å². The Labute approximate surface area is 87.3 Å². The van der Waals surface area contributed by atoms with Crippen LogP contribution in [0.1, 0.15) is 23.0 Å². The maximum absolute atomic E-state index is 11.4. The van der Waals surface area contributed by atoms with Gasteiger partial charge in [-0.05, 0) is 6.92 Å². The van der Waals surface area contributed by atoms with Gasteiger partial charge in [0.1, 0.15) is 23.1 Å². The van der Waals surface area contributed by atoms with Gasteiger partial charge in [0.2, 0.25) is 0 Å². The maximum Gasteiger partial charge on any atom is 0.343 e. The summed E-state index contributed by atoms with van der Waals surface area (Å²) in [6.45, 7) is 1.99. The minimum Gasteiger partial charge on any atom is -0.496 e. The first-order valence-electron chi connectivity index (χ1n) is 4.34. The molecule has 0 amide bonds. The van der Waals surface area contributed by atoms with E-state index in [-0.39, 0.29) is 17.9 Å². The largest absolute Gasteiger partial charge is 0.496 e. The second-order valence-corrected chi connectivity index (χ2v) is 2.60. The molecule has 78 valence electrons. The van der Waals surface area contributed by atoms with E-state index < -0.39 is 5.97 Å². The summed E-state index contributed by atoms with van der Waals surface area (Å²) in [6, 6.07) is 3.25. The van der Waals surface area contributed by atoms with Crippen LogP contribution in [0.25, 0.3) is 0 Å². The van der Waals surface area contributed by atoms with Crippen LogP contribution in [0.3, 0.4) is 0 Å². The van der Waals surface area contributed by atoms with Crippen molar-refractivity contribution in [3.05, 3.63) is 23.5 Å². The van der Waals surface area contributed by atoms with Gasteiger partial charge in [-0.15, -0.1) is 0 Å². The lowest BCUT2D eigenvalue weighted by Crippen LogP contribution is -2.07. The molecule has 0 bridgehead atoms. The summed E-state index contributed by atoms with van der Waals surface area (Å²) in [4.78, 5) is 15.2. The molecule has 0 radical (unpaired) electrons. The summed E-state index contributed by atoms with van der Waals surface area (Å²) in [5, 5.41) is 8.61. The zero-order chi connectivity index (χ0) is 11.3. The van der Waals surface area contributed by atoms with E-state index in [1.165, 1.54) is 19.4 Å². The van der Waals surface area contributed by atoms with Crippen molar-refractivity contribution >= 4 is 5.97 Å². The standard InChI is InChI=1S/C10H10N2O3/c1-3-15-10(13)8-6-12-7(5-11)4-9(8)14-2/h4,6H,3H2,1-2H3. The molecule has 1 aromatic rings. The van der Waals surface area contributed by atoms with Crippen molar-refractivity contribution in [2.75, 3.05) is 13.7 Å². The lowest BCUT2D eigenvalue weighted by molar-refractivity contribution is 0.0522. The van der Waals surface area contributed by atoms with Gasteiger partial charge in [-0.2, -0.15) is 5.26 Å². The van der Waals surface area contributed by atoms with E-state index in [1.54, 1.807) is 6.92 Å². The van der Waals surface area contributed by atoms with Crippen LogP contribution in [0.5, 0.6) is 5.75 Å². The molecule has 0 N–H and O–H groups in total. The van der Waals surface area contributed by atoms with E-state index in [0.29, 0.717) is 5.75 Å². The molecule has 0 saturated heterocycles. The van der Waals surface area contributed by atoms with Gasteiger partial charge in [-0.25, -0.2) is 9.78 Å². The van der Waals surface area contributed by atoms with Gasteiger partial charge < -0.3 is 9.47 Å². The molecule has 0 unspecified atom stereocenters. The Balaban J connectivity index is 3.08. The molecule has 0 aliphatic rings. The number of carbonyl (C=O) groups excluding carboxylic acids is 1. The highest BCUT2D eigenvalue weighted by molar-refractivity contribution is 5.92. The molecule has 5 heteroatoms. The third kappa shape index (κ3) is 2.44. The smallest absolute Gasteiger partial charge is 0.343 e. The summed E-state index contributed by atoms with van der Waals surface area (Å²) in [7, 11) is 1.42. The minimum absolute atomic E-state index is 0.194. The van der Waals surface area contributed by atoms with E-state index in [4.69, 9.17) is 14.7 Å². The minimum atomic E-state index is -0.508. The summed E-state index contributed by atoms with van der Waals surface area (Å²) in [5.74, 6) is -0.216. The van der Waals surface area contributed by atoms with Crippen molar-refractivity contribution in [3.63, 3.8) is 0 Å². The molecule has 15 heavy (non-hydrogen) atoms. The van der Waals surface area contributed by atoms with E-state index in [0.717, 1.165) is 0 Å². The van der Waals surface area contributed by atoms with Crippen LogP contribution >= 0.6 is 0 Å². The first-order chi connectivity index (χ1) is 7.22. The summed E-state index contributed by atoms with van der Waals surface area (Å²) in [6.07, 6.45) is 1.27. The molecule has 0 saturated carbocycles. The number of nitrogens with zero attached hydrogens (tertiary/aromatic N) is 2. The Bertz CT molecular complexity index is 410. The number of hydrogen-bond donors (Lipinski definition) is 0. The van der Waals surface area contributed by atoms with Crippen LogP contribution < -0.4 is 4.74 Å². The van der Waals surface area contributed by atoms with Gasteiger partial charge in [0.25, 0.3) is 0 Å². The molecule has 0 aromatic carbocycles. The van der Waals surface area contributed by atoms with Crippen LogP contribution in [0.2, 0.25) is 0 Å². The van der Waals surface area contributed by atoms with Crippen LogP contribution in [0.4, 0.5) is 0 Å². The monoisotopic (exact) mass is 206 g/mol. The molecule has 5 nitrogen and oxygen atoms in total. The third-order valence-corrected chi connectivity index (χ3v) is 1.70. The van der Waals surface area contributed by atoms with Crippen LogP contribution in [0.15, 0.2) is 12.3 Å². The summed E-state index contributed by atoms with van der Waals surface area (Å²) >= 11 is 0. The number of hydrogen-bond acceptors (Lipinski definition) is 5. The highest BCUT2D eigenvalue weighted by atomic mass is 16.5.